The number of carbonyl (C=O) groups excluding carboxylic acids is 2. The number of halogens is 3. The normalized spacial score (nSPS) is 14.1. The molecule has 1 aromatic carbocycles. The number of benzene rings is 1. The van der Waals surface area contributed by atoms with E-state index in [4.69, 9.17) is 0 Å². The van der Waals surface area contributed by atoms with Crippen molar-refractivity contribution in [2.45, 2.75) is 17.8 Å². The van der Waals surface area contributed by atoms with Crippen LogP contribution in [0.1, 0.15) is 21.7 Å². The number of rotatable bonds is 4. The van der Waals surface area contributed by atoms with Crippen LogP contribution in [-0.4, -0.2) is 39.3 Å². The Morgan fingerprint density at radius 3 is 2.64 bits per heavy atom. The summed E-state index contributed by atoms with van der Waals surface area (Å²) in [6, 6.07) is 4.95. The number of hydrogen-bond donors (Lipinski definition) is 0. The van der Waals surface area contributed by atoms with E-state index < -0.39 is 12.0 Å². The highest BCUT2D eigenvalue weighted by Crippen LogP contribution is 2.31. The molecule has 25 heavy (non-hydrogen) atoms. The number of ketones is 1. The van der Waals surface area contributed by atoms with Gasteiger partial charge in [-0.15, -0.1) is 10.2 Å². The van der Waals surface area contributed by atoms with Crippen LogP contribution in [0.4, 0.5) is 18.9 Å². The summed E-state index contributed by atoms with van der Waals surface area (Å²) in [4.78, 5) is 25.5. The van der Waals surface area contributed by atoms with Crippen molar-refractivity contribution in [2.24, 2.45) is 7.05 Å². The number of Topliss-reactive ketones (excluding diaryl/α,β-unsaturated/α-hetero) is 1. The van der Waals surface area contributed by atoms with Gasteiger partial charge in [0.05, 0.1) is 12.2 Å². The number of carbonyl (C=O) groups is 2. The molecule has 0 atom stereocenters. The van der Waals surface area contributed by atoms with E-state index in [1.807, 2.05) is 0 Å². The van der Waals surface area contributed by atoms with Gasteiger partial charge in [-0.05, 0) is 23.8 Å². The lowest BCUT2D eigenvalue weighted by Crippen LogP contribution is -2.20. The van der Waals surface area contributed by atoms with Gasteiger partial charge >= 0.3 is 6.18 Å². The molecule has 0 bridgehead atoms. The molecule has 2 aromatic rings. The lowest BCUT2D eigenvalue weighted by Gasteiger charge is -2.10. The molecule has 1 amide bonds. The quantitative estimate of drug-likeness (QED) is 0.610. The fourth-order valence-electron chi connectivity index (χ4n) is 2.54. The maximum absolute atomic E-state index is 12.7. The molecule has 0 saturated carbocycles. The van der Waals surface area contributed by atoms with Gasteiger partial charge in [0, 0.05) is 25.3 Å². The number of hydrogen-bond acceptors (Lipinski definition) is 5. The third kappa shape index (κ3) is 3.26. The van der Waals surface area contributed by atoms with E-state index in [9.17, 15) is 22.8 Å². The van der Waals surface area contributed by atoms with Gasteiger partial charge in [-0.3, -0.25) is 9.59 Å². The number of alkyl halides is 3. The van der Waals surface area contributed by atoms with Crippen molar-refractivity contribution in [3.8, 4) is 0 Å². The van der Waals surface area contributed by atoms with Crippen molar-refractivity contribution in [2.75, 3.05) is 17.7 Å². The average molecular weight is 370 g/mol. The Morgan fingerprint density at radius 2 is 2.00 bits per heavy atom. The first kappa shape index (κ1) is 17.5. The summed E-state index contributed by atoms with van der Waals surface area (Å²) < 4.78 is 38.9. The fourth-order valence-corrected chi connectivity index (χ4v) is 3.35. The van der Waals surface area contributed by atoms with Crippen LogP contribution in [0.3, 0.4) is 0 Å². The molecule has 2 heterocycles. The van der Waals surface area contributed by atoms with E-state index in [1.165, 1.54) is 11.9 Å². The van der Waals surface area contributed by atoms with Crippen molar-refractivity contribution in [3.63, 3.8) is 0 Å². The van der Waals surface area contributed by atoms with E-state index in [2.05, 4.69) is 10.2 Å². The molecule has 10 heteroatoms. The monoisotopic (exact) mass is 370 g/mol. The Labute approximate surface area is 145 Å². The number of anilines is 1. The standard InChI is InChI=1S/C15H13F3N4O2S/c1-21-10-4-3-8(5-9(10)6-12(21)24)11(23)7-25-14-20-19-13(22(14)2)15(16,17)18/h3-5H,6-7H2,1-2H3. The zero-order chi connectivity index (χ0) is 18.4. The molecule has 1 aromatic heterocycles. The molecular weight excluding hydrogens is 357 g/mol. The second kappa shape index (κ2) is 6.17. The van der Waals surface area contributed by atoms with Crippen LogP contribution in [0, 0.1) is 0 Å². The second-order valence-corrected chi connectivity index (χ2v) is 6.49. The lowest BCUT2D eigenvalue weighted by molar-refractivity contribution is -0.147. The van der Waals surface area contributed by atoms with E-state index >= 15 is 0 Å². The molecule has 0 radical (unpaired) electrons. The molecule has 0 aliphatic carbocycles. The maximum atomic E-state index is 12.7. The van der Waals surface area contributed by atoms with Crippen molar-refractivity contribution < 1.29 is 22.8 Å². The first-order chi connectivity index (χ1) is 11.7. The van der Waals surface area contributed by atoms with Crippen LogP contribution in [-0.2, 0) is 24.4 Å². The highest BCUT2D eigenvalue weighted by molar-refractivity contribution is 7.99. The molecule has 1 aliphatic heterocycles. The molecule has 132 valence electrons. The number of thioether (sulfide) groups is 1. The Balaban J connectivity index is 1.71. The minimum atomic E-state index is -4.59. The lowest BCUT2D eigenvalue weighted by atomic mass is 10.1. The SMILES string of the molecule is CN1C(=O)Cc2cc(C(=O)CSc3nnc(C(F)(F)F)n3C)ccc21. The molecule has 0 fully saturated rings. The van der Waals surface area contributed by atoms with Crippen molar-refractivity contribution in [1.82, 2.24) is 14.8 Å². The molecular formula is C15H13F3N4O2S. The smallest absolute Gasteiger partial charge is 0.315 e. The average Bonchev–Trinajstić information content (AvgIpc) is 3.05. The molecule has 0 saturated heterocycles. The van der Waals surface area contributed by atoms with Crippen LogP contribution in [0.2, 0.25) is 0 Å². The fraction of sp³-hybridized carbons (Fsp3) is 0.333. The van der Waals surface area contributed by atoms with E-state index in [0.717, 1.165) is 27.6 Å². The number of fused-ring (bicyclic) bond motifs is 1. The van der Waals surface area contributed by atoms with Gasteiger partial charge in [-0.2, -0.15) is 13.2 Å². The molecule has 1 aliphatic rings. The van der Waals surface area contributed by atoms with Crippen LogP contribution < -0.4 is 4.90 Å². The van der Waals surface area contributed by atoms with E-state index in [0.29, 0.717) is 5.56 Å². The molecule has 0 N–H and O–H groups in total. The summed E-state index contributed by atoms with van der Waals surface area (Å²) in [7, 11) is 2.87. The largest absolute Gasteiger partial charge is 0.451 e. The predicted molar refractivity (Wildman–Crippen MR) is 84.6 cm³/mol. The summed E-state index contributed by atoms with van der Waals surface area (Å²) >= 11 is 0.884. The van der Waals surface area contributed by atoms with E-state index in [-0.39, 0.29) is 29.0 Å². The Kier molecular flexibility index (Phi) is 4.31. The summed E-state index contributed by atoms with van der Waals surface area (Å²) in [6.45, 7) is 0. The second-order valence-electron chi connectivity index (χ2n) is 5.55. The first-order valence-corrected chi connectivity index (χ1v) is 8.19. The van der Waals surface area contributed by atoms with Gasteiger partial charge in [0.1, 0.15) is 0 Å². The van der Waals surface area contributed by atoms with Gasteiger partial charge in [0.25, 0.3) is 0 Å². The number of aromatic nitrogens is 3. The highest BCUT2D eigenvalue weighted by Gasteiger charge is 2.37. The van der Waals surface area contributed by atoms with Gasteiger partial charge in [-0.25, -0.2) is 0 Å². The molecule has 6 nitrogen and oxygen atoms in total. The number of nitrogens with zero attached hydrogens (tertiary/aromatic N) is 4. The maximum Gasteiger partial charge on any atom is 0.451 e. The summed E-state index contributed by atoms with van der Waals surface area (Å²) in [6.07, 6.45) is -4.36. The highest BCUT2D eigenvalue weighted by atomic mass is 32.2. The van der Waals surface area contributed by atoms with Crippen LogP contribution in [0.5, 0.6) is 0 Å². The van der Waals surface area contributed by atoms with Gasteiger partial charge in [0.2, 0.25) is 11.7 Å². The summed E-state index contributed by atoms with van der Waals surface area (Å²) in [5.41, 5.74) is 1.94. The first-order valence-electron chi connectivity index (χ1n) is 7.20. The third-order valence-corrected chi connectivity index (χ3v) is 4.92. The van der Waals surface area contributed by atoms with Crippen molar-refractivity contribution >= 4 is 29.1 Å². The molecule has 3 rings (SSSR count). The van der Waals surface area contributed by atoms with Crippen LogP contribution in [0.25, 0.3) is 0 Å². The molecule has 0 spiro atoms. The minimum Gasteiger partial charge on any atom is -0.315 e. The predicted octanol–water partition coefficient (Wildman–Crippen LogP) is 2.33. The van der Waals surface area contributed by atoms with Crippen LogP contribution >= 0.6 is 11.8 Å². The number of likely N-dealkylation sites (N-methyl/N-ethyl adjacent to an activating group) is 1. The minimum absolute atomic E-state index is 0.0109. The zero-order valence-electron chi connectivity index (χ0n) is 13.3. The zero-order valence-corrected chi connectivity index (χ0v) is 14.1. The van der Waals surface area contributed by atoms with Crippen molar-refractivity contribution in [3.05, 3.63) is 35.2 Å². The van der Waals surface area contributed by atoms with Crippen molar-refractivity contribution in [1.29, 1.82) is 0 Å². The van der Waals surface area contributed by atoms with Gasteiger partial charge in [0.15, 0.2) is 10.9 Å². The number of amides is 1. The summed E-state index contributed by atoms with van der Waals surface area (Å²) in [5, 5.41) is 6.60. The van der Waals surface area contributed by atoms with Gasteiger partial charge < -0.3 is 9.47 Å². The Bertz CT molecular complexity index is 863. The third-order valence-electron chi connectivity index (χ3n) is 3.90. The molecule has 0 unspecified atom stereocenters. The summed E-state index contributed by atoms with van der Waals surface area (Å²) in [5.74, 6) is -1.49. The topological polar surface area (TPSA) is 68.1 Å². The van der Waals surface area contributed by atoms with Gasteiger partial charge in [-0.1, -0.05) is 11.8 Å². The van der Waals surface area contributed by atoms with E-state index in [1.54, 1.807) is 25.2 Å². The Hall–Kier alpha value is -2.36. The van der Waals surface area contributed by atoms with Crippen LogP contribution in [0.15, 0.2) is 23.4 Å². The Morgan fingerprint density at radius 1 is 1.28 bits per heavy atom.